The maximum absolute atomic E-state index is 12.7. The van der Waals surface area contributed by atoms with E-state index < -0.39 is 6.29 Å². The maximum atomic E-state index is 12.7. The fraction of sp³-hybridized carbons (Fsp3) is 0.176. The molecule has 3 heterocycles. The van der Waals surface area contributed by atoms with Crippen LogP contribution >= 0.6 is 0 Å². The van der Waals surface area contributed by atoms with E-state index in [1.54, 1.807) is 24.3 Å². The molecule has 7 heteroatoms. The molecule has 0 unspecified atom stereocenters. The molecular formula is C17H13N3O4. The van der Waals surface area contributed by atoms with Crippen molar-refractivity contribution in [2.24, 2.45) is 0 Å². The Morgan fingerprint density at radius 3 is 2.67 bits per heavy atom. The Hall–Kier alpha value is -2.90. The van der Waals surface area contributed by atoms with Crippen LogP contribution in [0, 0.1) is 0 Å². The highest BCUT2D eigenvalue weighted by molar-refractivity contribution is 6.13. The van der Waals surface area contributed by atoms with Crippen LogP contribution in [0.1, 0.15) is 28.0 Å². The number of rotatable bonds is 3. The molecule has 120 valence electrons. The molecule has 1 aliphatic heterocycles. The van der Waals surface area contributed by atoms with Crippen molar-refractivity contribution in [3.05, 3.63) is 64.0 Å². The van der Waals surface area contributed by atoms with Crippen LogP contribution in [-0.2, 0) is 9.47 Å². The highest BCUT2D eigenvalue weighted by atomic mass is 16.7. The average molecular weight is 323 g/mol. The van der Waals surface area contributed by atoms with Gasteiger partial charge in [0.25, 0.3) is 5.56 Å². The second kappa shape index (κ2) is 5.33. The van der Waals surface area contributed by atoms with Crippen LogP contribution in [0.15, 0.2) is 41.5 Å². The Morgan fingerprint density at radius 2 is 1.92 bits per heavy atom. The first-order valence-electron chi connectivity index (χ1n) is 7.27. The number of ether oxygens (including phenoxy) is 2. The highest BCUT2D eigenvalue weighted by Gasteiger charge is 2.31. The summed E-state index contributed by atoms with van der Waals surface area (Å²) >= 11 is 0. The summed E-state index contributed by atoms with van der Waals surface area (Å²) in [6.07, 6.45) is 2.42. The zero-order chi connectivity index (χ0) is 16.8. The summed E-state index contributed by atoms with van der Waals surface area (Å²) in [5, 5.41) is 0.373. The Balaban J connectivity index is 1.98. The smallest absolute Gasteiger partial charge is 0.267 e. The van der Waals surface area contributed by atoms with Gasteiger partial charge in [0.1, 0.15) is 0 Å². The third-order valence-electron chi connectivity index (χ3n) is 4.08. The number of pyridine rings is 1. The molecule has 4 rings (SSSR count). The van der Waals surface area contributed by atoms with Crippen LogP contribution in [0.4, 0.5) is 0 Å². The van der Waals surface area contributed by atoms with E-state index in [1.807, 2.05) is 0 Å². The van der Waals surface area contributed by atoms with Gasteiger partial charge < -0.3 is 9.47 Å². The van der Waals surface area contributed by atoms with Gasteiger partial charge in [-0.25, -0.2) is 4.98 Å². The number of methoxy groups -OCH3 is 2. The quantitative estimate of drug-likeness (QED) is 0.533. The molecule has 0 spiro atoms. The molecule has 0 amide bonds. The van der Waals surface area contributed by atoms with Crippen molar-refractivity contribution in [1.29, 1.82) is 0 Å². The molecule has 24 heavy (non-hydrogen) atoms. The molecule has 1 aliphatic rings. The van der Waals surface area contributed by atoms with E-state index in [1.165, 1.54) is 31.2 Å². The van der Waals surface area contributed by atoms with Crippen molar-refractivity contribution in [3.63, 3.8) is 0 Å². The average Bonchev–Trinajstić information content (AvgIpc) is 2.89. The topological polar surface area (TPSA) is 83.3 Å². The van der Waals surface area contributed by atoms with Crippen LogP contribution in [0.3, 0.4) is 0 Å². The summed E-state index contributed by atoms with van der Waals surface area (Å²) < 4.78 is 11.8. The summed E-state index contributed by atoms with van der Waals surface area (Å²) in [5.41, 5.74) is 1.75. The van der Waals surface area contributed by atoms with Gasteiger partial charge in [-0.2, -0.15) is 0 Å². The number of aromatic nitrogens is 3. The summed E-state index contributed by atoms with van der Waals surface area (Å²) in [5.74, 6) is -0.189. The molecule has 0 saturated heterocycles. The van der Waals surface area contributed by atoms with Crippen LogP contribution < -0.4 is 5.56 Å². The van der Waals surface area contributed by atoms with Gasteiger partial charge in [0.05, 0.1) is 22.2 Å². The minimum absolute atomic E-state index is 0.109. The Labute approximate surface area is 136 Å². The lowest BCUT2D eigenvalue weighted by Crippen LogP contribution is -2.21. The second-order valence-electron chi connectivity index (χ2n) is 5.38. The van der Waals surface area contributed by atoms with Gasteiger partial charge in [-0.1, -0.05) is 6.07 Å². The number of benzene rings is 1. The van der Waals surface area contributed by atoms with Crippen LogP contribution in [0.5, 0.6) is 0 Å². The lowest BCUT2D eigenvalue weighted by molar-refractivity contribution is -0.106. The predicted octanol–water partition coefficient (Wildman–Crippen LogP) is 1.62. The monoisotopic (exact) mass is 323 g/mol. The second-order valence-corrected chi connectivity index (χ2v) is 5.38. The first-order valence-corrected chi connectivity index (χ1v) is 7.27. The third-order valence-corrected chi connectivity index (χ3v) is 4.08. The summed E-state index contributed by atoms with van der Waals surface area (Å²) in [6, 6.07) is 6.76. The van der Waals surface area contributed by atoms with Crippen molar-refractivity contribution in [3.8, 4) is 5.69 Å². The first kappa shape index (κ1) is 14.7. The van der Waals surface area contributed by atoms with Crippen molar-refractivity contribution >= 4 is 16.7 Å². The van der Waals surface area contributed by atoms with E-state index in [9.17, 15) is 9.59 Å². The molecule has 0 atom stereocenters. The van der Waals surface area contributed by atoms with Crippen molar-refractivity contribution < 1.29 is 14.3 Å². The molecule has 3 aromatic rings. The molecule has 7 nitrogen and oxygen atoms in total. The van der Waals surface area contributed by atoms with Gasteiger partial charge in [-0.05, 0) is 18.2 Å². The van der Waals surface area contributed by atoms with Gasteiger partial charge in [-0.15, -0.1) is 0 Å². The fourth-order valence-electron chi connectivity index (χ4n) is 2.97. The third kappa shape index (κ3) is 1.92. The van der Waals surface area contributed by atoms with E-state index in [0.717, 1.165) is 0 Å². The molecule has 0 fully saturated rings. The lowest BCUT2D eigenvalue weighted by Gasteiger charge is -2.14. The Kier molecular flexibility index (Phi) is 3.26. The van der Waals surface area contributed by atoms with E-state index >= 15 is 0 Å². The van der Waals surface area contributed by atoms with Crippen LogP contribution in [-0.4, -0.2) is 34.5 Å². The van der Waals surface area contributed by atoms with E-state index in [-0.39, 0.29) is 17.2 Å². The summed E-state index contributed by atoms with van der Waals surface area (Å²) in [4.78, 5) is 33.8. The largest absolute Gasteiger partial charge is 0.352 e. The van der Waals surface area contributed by atoms with Gasteiger partial charge in [-0.3, -0.25) is 19.1 Å². The van der Waals surface area contributed by atoms with E-state index in [0.29, 0.717) is 27.7 Å². The van der Waals surface area contributed by atoms with Gasteiger partial charge in [0.15, 0.2) is 12.1 Å². The zero-order valence-corrected chi connectivity index (χ0v) is 13.0. The Bertz CT molecular complexity index is 1040. The van der Waals surface area contributed by atoms with Crippen LogP contribution in [0.2, 0.25) is 0 Å². The Morgan fingerprint density at radius 1 is 1.12 bits per heavy atom. The van der Waals surface area contributed by atoms with Crippen molar-refractivity contribution in [2.45, 2.75) is 6.29 Å². The van der Waals surface area contributed by atoms with E-state index in [4.69, 9.17) is 9.47 Å². The minimum atomic E-state index is -0.584. The number of carbonyl (C=O) groups excluding carboxylic acids is 1. The minimum Gasteiger partial charge on any atom is -0.352 e. The van der Waals surface area contributed by atoms with Gasteiger partial charge in [0.2, 0.25) is 5.78 Å². The number of hydrogen-bond donors (Lipinski definition) is 0. The molecule has 1 aromatic carbocycles. The van der Waals surface area contributed by atoms with Gasteiger partial charge in [0, 0.05) is 32.2 Å². The molecule has 0 bridgehead atoms. The standard InChI is InChI=1S/C17H13N3O4/c1-23-17(24-2)9-3-4-13-10(7-9)14(21)15-19-12-5-6-18-8-11(12)16(22)20(13)15/h3-8,17H,1-2H3. The molecule has 0 radical (unpaired) electrons. The van der Waals surface area contributed by atoms with Gasteiger partial charge >= 0.3 is 0 Å². The summed E-state index contributed by atoms with van der Waals surface area (Å²) in [7, 11) is 3.04. The number of hydrogen-bond acceptors (Lipinski definition) is 6. The SMILES string of the molecule is COC(OC)c1ccc2c(c1)C(=O)c1nc3ccncc3c(=O)n1-2. The normalized spacial score (nSPS) is 12.7. The van der Waals surface area contributed by atoms with Crippen molar-refractivity contribution in [1.82, 2.24) is 14.5 Å². The molecular weight excluding hydrogens is 310 g/mol. The number of nitrogens with zero attached hydrogens (tertiary/aromatic N) is 3. The highest BCUT2D eigenvalue weighted by Crippen LogP contribution is 2.29. The number of fused-ring (bicyclic) bond motifs is 4. The predicted molar refractivity (Wildman–Crippen MR) is 85.3 cm³/mol. The summed E-state index contributed by atoms with van der Waals surface area (Å²) in [6.45, 7) is 0. The van der Waals surface area contributed by atoms with Crippen molar-refractivity contribution in [2.75, 3.05) is 14.2 Å². The zero-order valence-electron chi connectivity index (χ0n) is 13.0. The molecule has 0 saturated carbocycles. The molecule has 0 aliphatic carbocycles. The van der Waals surface area contributed by atoms with Crippen LogP contribution in [0.25, 0.3) is 16.6 Å². The fourth-order valence-corrected chi connectivity index (χ4v) is 2.97. The number of carbonyl (C=O) groups is 1. The van der Waals surface area contributed by atoms with E-state index in [2.05, 4.69) is 9.97 Å². The lowest BCUT2D eigenvalue weighted by atomic mass is 10.1. The molecule has 2 aromatic heterocycles. The molecule has 0 N–H and O–H groups in total. The first-order chi connectivity index (χ1) is 11.7. The maximum Gasteiger partial charge on any atom is 0.267 e. The number of ketones is 1.